The van der Waals surface area contributed by atoms with Gasteiger partial charge in [-0.25, -0.2) is 0 Å². The van der Waals surface area contributed by atoms with Crippen LogP contribution in [0.1, 0.15) is 6.92 Å². The quantitative estimate of drug-likeness (QED) is 0.338. The van der Waals surface area contributed by atoms with Crippen molar-refractivity contribution in [2.45, 2.75) is 13.0 Å². The van der Waals surface area contributed by atoms with Gasteiger partial charge in [0.1, 0.15) is 0 Å². The molecule has 92 valence electrons. The molecule has 1 rings (SSSR count). The minimum atomic E-state index is 0.248. The predicted molar refractivity (Wildman–Crippen MR) is 71.0 cm³/mol. The molecule has 4 nitrogen and oxygen atoms in total. The third kappa shape index (κ3) is 4.90. The van der Waals surface area contributed by atoms with Crippen LogP contribution in [-0.4, -0.2) is 54.7 Å². The molecule has 1 aliphatic rings. The predicted octanol–water partition coefficient (Wildman–Crippen LogP) is 0.941. The van der Waals surface area contributed by atoms with Gasteiger partial charge in [0.25, 0.3) is 0 Å². The summed E-state index contributed by atoms with van der Waals surface area (Å²) in [5.41, 5.74) is 5.92. The molecule has 0 bridgehead atoms. The van der Waals surface area contributed by atoms with E-state index in [1.807, 2.05) is 17.8 Å². The van der Waals surface area contributed by atoms with E-state index < -0.39 is 0 Å². The zero-order chi connectivity index (χ0) is 11.8. The van der Waals surface area contributed by atoms with E-state index in [9.17, 15) is 0 Å². The molecular formula is C11H21N3OS. The molecular weight excluding hydrogens is 222 g/mol. The first kappa shape index (κ1) is 13.4. The van der Waals surface area contributed by atoms with Crippen molar-refractivity contribution >= 4 is 17.7 Å². The molecule has 1 atom stereocenters. The number of hydrogen-bond donors (Lipinski definition) is 1. The van der Waals surface area contributed by atoms with Gasteiger partial charge in [-0.05, 0) is 6.92 Å². The summed E-state index contributed by atoms with van der Waals surface area (Å²) in [5.74, 6) is 2.62. The van der Waals surface area contributed by atoms with E-state index in [2.05, 4.69) is 23.4 Å². The summed E-state index contributed by atoms with van der Waals surface area (Å²) in [6, 6.07) is 0. The van der Waals surface area contributed by atoms with Gasteiger partial charge in [-0.15, -0.1) is 6.58 Å². The summed E-state index contributed by atoms with van der Waals surface area (Å²) in [6.07, 6.45) is 2.15. The van der Waals surface area contributed by atoms with E-state index in [0.717, 1.165) is 37.7 Å². The van der Waals surface area contributed by atoms with Crippen molar-refractivity contribution in [2.75, 3.05) is 37.7 Å². The molecule has 1 heterocycles. The van der Waals surface area contributed by atoms with E-state index in [1.165, 1.54) is 0 Å². The molecule has 1 aliphatic heterocycles. The molecule has 0 aliphatic carbocycles. The molecule has 0 aromatic carbocycles. The highest BCUT2D eigenvalue weighted by Gasteiger charge is 2.17. The first-order valence-corrected chi connectivity index (χ1v) is 6.74. The zero-order valence-electron chi connectivity index (χ0n) is 9.89. The fraction of sp³-hybridized carbons (Fsp3) is 0.727. The van der Waals surface area contributed by atoms with Crippen LogP contribution < -0.4 is 5.73 Å². The second kappa shape index (κ2) is 7.57. The lowest BCUT2D eigenvalue weighted by Crippen LogP contribution is -2.47. The van der Waals surface area contributed by atoms with Gasteiger partial charge in [0.05, 0.1) is 19.3 Å². The van der Waals surface area contributed by atoms with E-state index in [-0.39, 0.29) is 6.10 Å². The lowest BCUT2D eigenvalue weighted by molar-refractivity contribution is 0.00531. The average Bonchev–Trinajstić information content (AvgIpc) is 2.28. The highest BCUT2D eigenvalue weighted by molar-refractivity contribution is 7.99. The molecule has 0 aromatic rings. The fourth-order valence-corrected chi connectivity index (χ4v) is 2.07. The molecule has 0 saturated carbocycles. The van der Waals surface area contributed by atoms with Crippen LogP contribution in [0.4, 0.5) is 0 Å². The summed E-state index contributed by atoms with van der Waals surface area (Å²) in [7, 11) is 0. The molecule has 2 N–H and O–H groups in total. The lowest BCUT2D eigenvalue weighted by Gasteiger charge is -2.31. The van der Waals surface area contributed by atoms with Crippen molar-refractivity contribution in [2.24, 2.45) is 10.7 Å². The molecule has 0 amide bonds. The van der Waals surface area contributed by atoms with Crippen LogP contribution in [0.5, 0.6) is 0 Å². The smallest absolute Gasteiger partial charge is 0.191 e. The Morgan fingerprint density at radius 2 is 2.56 bits per heavy atom. The standard InChI is InChI=1S/C11H21N3OS/c1-3-7-16-8-4-13-11(12)14-5-6-15-10(2)9-14/h3,10H,1,4-9H2,2H3,(H2,12,13). The van der Waals surface area contributed by atoms with Gasteiger partial charge in [0.2, 0.25) is 0 Å². The SMILES string of the molecule is C=CCSCCN=C(N)N1CCOC(C)C1. The molecule has 0 spiro atoms. The Balaban J connectivity index is 2.23. The highest BCUT2D eigenvalue weighted by atomic mass is 32.2. The molecule has 1 fully saturated rings. The number of rotatable bonds is 5. The Morgan fingerprint density at radius 3 is 3.25 bits per heavy atom. The Hall–Kier alpha value is -0.680. The molecule has 0 aromatic heterocycles. The third-order valence-electron chi connectivity index (χ3n) is 2.31. The second-order valence-electron chi connectivity index (χ2n) is 3.73. The Labute approximate surface area is 102 Å². The number of ether oxygens (including phenoxy) is 1. The van der Waals surface area contributed by atoms with Gasteiger partial charge in [-0.3, -0.25) is 4.99 Å². The number of aliphatic imine (C=N–C) groups is 1. The van der Waals surface area contributed by atoms with Crippen molar-refractivity contribution in [3.8, 4) is 0 Å². The van der Waals surface area contributed by atoms with Gasteiger partial charge in [0, 0.05) is 24.6 Å². The summed E-state index contributed by atoms with van der Waals surface area (Å²) >= 11 is 1.82. The van der Waals surface area contributed by atoms with E-state index in [1.54, 1.807) is 0 Å². The lowest BCUT2D eigenvalue weighted by atomic mass is 10.3. The maximum absolute atomic E-state index is 5.92. The number of thioether (sulfide) groups is 1. The highest BCUT2D eigenvalue weighted by Crippen LogP contribution is 2.04. The van der Waals surface area contributed by atoms with Crippen molar-refractivity contribution < 1.29 is 4.74 Å². The molecule has 16 heavy (non-hydrogen) atoms. The molecule has 1 saturated heterocycles. The number of hydrogen-bond acceptors (Lipinski definition) is 3. The maximum Gasteiger partial charge on any atom is 0.191 e. The van der Waals surface area contributed by atoms with Gasteiger partial charge in [0.15, 0.2) is 5.96 Å². The largest absolute Gasteiger partial charge is 0.375 e. The van der Waals surface area contributed by atoms with Gasteiger partial charge in [-0.2, -0.15) is 11.8 Å². The average molecular weight is 243 g/mol. The third-order valence-corrected chi connectivity index (χ3v) is 3.25. The van der Waals surface area contributed by atoms with Crippen LogP contribution >= 0.6 is 11.8 Å². The fourth-order valence-electron chi connectivity index (χ4n) is 1.52. The van der Waals surface area contributed by atoms with Crippen LogP contribution in [0.25, 0.3) is 0 Å². The number of guanidine groups is 1. The van der Waals surface area contributed by atoms with Crippen molar-refractivity contribution in [1.29, 1.82) is 0 Å². The first-order chi connectivity index (χ1) is 7.74. The minimum Gasteiger partial charge on any atom is -0.375 e. The monoisotopic (exact) mass is 243 g/mol. The summed E-state index contributed by atoms with van der Waals surface area (Å²) < 4.78 is 5.45. The van der Waals surface area contributed by atoms with Crippen molar-refractivity contribution in [3.63, 3.8) is 0 Å². The van der Waals surface area contributed by atoms with Gasteiger partial charge >= 0.3 is 0 Å². The first-order valence-electron chi connectivity index (χ1n) is 5.59. The van der Waals surface area contributed by atoms with Crippen LogP contribution in [0, 0.1) is 0 Å². The molecule has 5 heteroatoms. The molecule has 1 unspecified atom stereocenters. The van der Waals surface area contributed by atoms with Crippen molar-refractivity contribution in [1.82, 2.24) is 4.90 Å². The van der Waals surface area contributed by atoms with E-state index >= 15 is 0 Å². The summed E-state index contributed by atoms with van der Waals surface area (Å²) in [4.78, 5) is 6.45. The number of nitrogens with two attached hydrogens (primary N) is 1. The van der Waals surface area contributed by atoms with Crippen LogP contribution in [0.3, 0.4) is 0 Å². The van der Waals surface area contributed by atoms with Crippen LogP contribution in [0.15, 0.2) is 17.6 Å². The molecule has 0 radical (unpaired) electrons. The van der Waals surface area contributed by atoms with Crippen molar-refractivity contribution in [3.05, 3.63) is 12.7 Å². The normalized spacial score (nSPS) is 22.2. The second-order valence-corrected chi connectivity index (χ2v) is 4.88. The van der Waals surface area contributed by atoms with Gasteiger partial charge in [-0.1, -0.05) is 6.08 Å². The minimum absolute atomic E-state index is 0.248. The maximum atomic E-state index is 5.92. The number of morpholine rings is 1. The topological polar surface area (TPSA) is 50.8 Å². The Morgan fingerprint density at radius 1 is 1.75 bits per heavy atom. The zero-order valence-corrected chi connectivity index (χ0v) is 10.7. The number of nitrogens with zero attached hydrogens (tertiary/aromatic N) is 2. The van der Waals surface area contributed by atoms with Crippen LogP contribution in [0.2, 0.25) is 0 Å². The summed E-state index contributed by atoms with van der Waals surface area (Å²) in [5, 5.41) is 0. The Bertz CT molecular complexity index is 245. The van der Waals surface area contributed by atoms with E-state index in [0.29, 0.717) is 5.96 Å². The van der Waals surface area contributed by atoms with Gasteiger partial charge < -0.3 is 15.4 Å². The van der Waals surface area contributed by atoms with E-state index in [4.69, 9.17) is 10.5 Å². The summed E-state index contributed by atoms with van der Waals surface area (Å²) in [6.45, 7) is 8.93. The Kier molecular flexibility index (Phi) is 6.33. The van der Waals surface area contributed by atoms with Crippen LogP contribution in [-0.2, 0) is 4.74 Å².